The van der Waals surface area contributed by atoms with E-state index in [0.29, 0.717) is 62.9 Å². The maximum atomic E-state index is 15.0. The summed E-state index contributed by atoms with van der Waals surface area (Å²) in [5.41, 5.74) is 1.90. The first-order chi connectivity index (χ1) is 16.6. The molecular formula is C25H26FN5O3. The Hall–Kier alpha value is -3.48. The first-order valence-corrected chi connectivity index (χ1v) is 11.5. The molecule has 0 spiro atoms. The van der Waals surface area contributed by atoms with Gasteiger partial charge in [0.2, 0.25) is 0 Å². The van der Waals surface area contributed by atoms with Crippen molar-refractivity contribution in [3.05, 3.63) is 64.2 Å². The van der Waals surface area contributed by atoms with Crippen LogP contribution in [0, 0.1) is 11.3 Å². The van der Waals surface area contributed by atoms with E-state index >= 15 is 0 Å². The molecule has 1 aromatic carbocycles. The molecule has 0 saturated carbocycles. The first-order valence-electron chi connectivity index (χ1n) is 11.5. The van der Waals surface area contributed by atoms with Crippen LogP contribution < -0.4 is 20.3 Å². The number of nitrogens with one attached hydrogen (secondary N) is 1. The Morgan fingerprint density at radius 1 is 1.15 bits per heavy atom. The molecule has 1 saturated heterocycles. The lowest BCUT2D eigenvalue weighted by molar-refractivity contribution is 0.100. The third-order valence-electron chi connectivity index (χ3n) is 6.42. The Morgan fingerprint density at radius 3 is 2.79 bits per heavy atom. The van der Waals surface area contributed by atoms with E-state index in [1.54, 1.807) is 29.0 Å². The van der Waals surface area contributed by atoms with Crippen LogP contribution in [0.3, 0.4) is 0 Å². The van der Waals surface area contributed by atoms with Crippen molar-refractivity contribution in [3.8, 4) is 17.6 Å². The summed E-state index contributed by atoms with van der Waals surface area (Å²) >= 11 is 0. The number of hydrogen-bond donors (Lipinski definition) is 1. The second-order valence-electron chi connectivity index (χ2n) is 8.62. The molecule has 1 fully saturated rings. The van der Waals surface area contributed by atoms with E-state index in [1.165, 1.54) is 6.07 Å². The van der Waals surface area contributed by atoms with Crippen LogP contribution in [0.2, 0.25) is 0 Å². The standard InChI is InChI=1S/C25H26FN5O3/c26-20-16-30(7-8-31-22-11-17(13-27)1-2-18(22)3-4-25(31)32)6-5-21(20)29-14-19-12-23-24(15-28-19)34-10-9-33-23/h1-4,11-12,15,20-21,29H,5-10,14,16H2/t20-,21-/m0/s1. The van der Waals surface area contributed by atoms with Crippen molar-refractivity contribution in [1.29, 1.82) is 5.26 Å². The van der Waals surface area contributed by atoms with Gasteiger partial charge in [-0.05, 0) is 36.6 Å². The number of piperidine rings is 1. The van der Waals surface area contributed by atoms with Crippen molar-refractivity contribution in [2.24, 2.45) is 0 Å². The summed E-state index contributed by atoms with van der Waals surface area (Å²) in [7, 11) is 0. The lowest BCUT2D eigenvalue weighted by atomic mass is 10.0. The number of alkyl halides is 1. The highest BCUT2D eigenvalue weighted by atomic mass is 19.1. The number of nitrogens with zero attached hydrogens (tertiary/aromatic N) is 4. The molecule has 2 aliphatic heterocycles. The van der Waals surface area contributed by atoms with Gasteiger partial charge in [0, 0.05) is 44.4 Å². The Morgan fingerprint density at radius 2 is 1.97 bits per heavy atom. The van der Waals surface area contributed by atoms with Crippen LogP contribution in [0.15, 0.2) is 47.4 Å². The maximum Gasteiger partial charge on any atom is 0.251 e. The van der Waals surface area contributed by atoms with Crippen LogP contribution in [-0.4, -0.2) is 59.5 Å². The molecule has 2 atom stereocenters. The molecule has 0 unspecified atom stereocenters. The van der Waals surface area contributed by atoms with E-state index in [1.807, 2.05) is 17.0 Å². The maximum absolute atomic E-state index is 15.0. The number of aromatic nitrogens is 2. The van der Waals surface area contributed by atoms with Gasteiger partial charge in [-0.3, -0.25) is 14.7 Å². The molecule has 5 rings (SSSR count). The Kier molecular flexibility index (Phi) is 6.43. The van der Waals surface area contributed by atoms with Crippen LogP contribution in [0.5, 0.6) is 11.5 Å². The molecule has 1 N–H and O–H groups in total. The van der Waals surface area contributed by atoms with Crippen molar-refractivity contribution in [1.82, 2.24) is 19.8 Å². The van der Waals surface area contributed by atoms with Gasteiger partial charge in [-0.1, -0.05) is 6.07 Å². The van der Waals surface area contributed by atoms with Gasteiger partial charge in [0.05, 0.1) is 29.0 Å². The normalized spacial score (nSPS) is 20.2. The molecule has 176 valence electrons. The van der Waals surface area contributed by atoms with Gasteiger partial charge in [0.1, 0.15) is 19.4 Å². The average molecular weight is 464 g/mol. The van der Waals surface area contributed by atoms with Gasteiger partial charge in [0.15, 0.2) is 11.5 Å². The van der Waals surface area contributed by atoms with Gasteiger partial charge >= 0.3 is 0 Å². The minimum Gasteiger partial charge on any atom is -0.486 e. The number of hydrogen-bond acceptors (Lipinski definition) is 7. The molecule has 2 aliphatic rings. The average Bonchev–Trinajstić information content (AvgIpc) is 2.87. The fraction of sp³-hybridized carbons (Fsp3) is 0.400. The SMILES string of the molecule is N#Cc1ccc2ccc(=O)n(CCN3CC[C@H](NCc4cc5c(cn4)OCCO5)[C@@H](F)C3)c2c1. The van der Waals surface area contributed by atoms with Crippen LogP contribution in [0.1, 0.15) is 17.7 Å². The lowest BCUT2D eigenvalue weighted by Gasteiger charge is -2.35. The molecule has 8 nitrogen and oxygen atoms in total. The Bertz CT molecular complexity index is 1290. The van der Waals surface area contributed by atoms with Crippen molar-refractivity contribution in [2.75, 3.05) is 32.8 Å². The lowest BCUT2D eigenvalue weighted by Crippen LogP contribution is -2.51. The summed E-state index contributed by atoms with van der Waals surface area (Å²) in [6.45, 7) is 3.52. The predicted molar refractivity (Wildman–Crippen MR) is 125 cm³/mol. The molecule has 9 heteroatoms. The van der Waals surface area contributed by atoms with Gasteiger partial charge in [-0.25, -0.2) is 4.39 Å². The van der Waals surface area contributed by atoms with Gasteiger partial charge in [-0.15, -0.1) is 0 Å². The molecular weight excluding hydrogens is 437 g/mol. The smallest absolute Gasteiger partial charge is 0.251 e. The molecule has 0 amide bonds. The van der Waals surface area contributed by atoms with Crippen molar-refractivity contribution < 1.29 is 13.9 Å². The van der Waals surface area contributed by atoms with E-state index in [9.17, 15) is 14.4 Å². The minimum absolute atomic E-state index is 0.122. The number of likely N-dealkylation sites (tertiary alicyclic amines) is 1. The molecule has 2 aromatic heterocycles. The number of rotatable bonds is 6. The number of benzene rings is 1. The molecule has 3 aromatic rings. The van der Waals surface area contributed by atoms with E-state index in [0.717, 1.165) is 23.1 Å². The molecule has 0 radical (unpaired) electrons. The largest absolute Gasteiger partial charge is 0.486 e. The first kappa shape index (κ1) is 22.3. The number of ether oxygens (including phenoxy) is 2. The molecule has 0 aliphatic carbocycles. The summed E-state index contributed by atoms with van der Waals surface area (Å²) in [6, 6.07) is 12.3. The zero-order valence-corrected chi connectivity index (χ0v) is 18.7. The summed E-state index contributed by atoms with van der Waals surface area (Å²) in [6.07, 6.45) is 1.28. The highest BCUT2D eigenvalue weighted by Gasteiger charge is 2.29. The van der Waals surface area contributed by atoms with E-state index < -0.39 is 6.17 Å². The third-order valence-corrected chi connectivity index (χ3v) is 6.42. The monoisotopic (exact) mass is 463 g/mol. The van der Waals surface area contributed by atoms with Gasteiger partial charge in [0.25, 0.3) is 5.56 Å². The fourth-order valence-corrected chi connectivity index (χ4v) is 4.55. The molecule has 0 bridgehead atoms. The summed E-state index contributed by atoms with van der Waals surface area (Å²) in [5.74, 6) is 1.32. The van der Waals surface area contributed by atoms with E-state index in [2.05, 4.69) is 16.4 Å². The highest BCUT2D eigenvalue weighted by Crippen LogP contribution is 2.29. The summed E-state index contributed by atoms with van der Waals surface area (Å²) < 4.78 is 27.7. The van der Waals surface area contributed by atoms with Gasteiger partial charge in [-0.2, -0.15) is 5.26 Å². The number of fused-ring (bicyclic) bond motifs is 2. The molecule has 34 heavy (non-hydrogen) atoms. The van der Waals surface area contributed by atoms with Crippen LogP contribution >= 0.6 is 0 Å². The predicted octanol–water partition coefficient (Wildman–Crippen LogP) is 2.24. The second kappa shape index (κ2) is 9.79. The number of halogens is 1. The third kappa shape index (κ3) is 4.74. The minimum atomic E-state index is -1.03. The fourth-order valence-electron chi connectivity index (χ4n) is 4.55. The van der Waals surface area contributed by atoms with Crippen molar-refractivity contribution >= 4 is 10.9 Å². The van der Waals surface area contributed by atoms with Crippen LogP contribution in [-0.2, 0) is 13.1 Å². The Balaban J connectivity index is 1.17. The second-order valence-corrected chi connectivity index (χ2v) is 8.62. The Labute approximate surface area is 196 Å². The zero-order valence-electron chi connectivity index (χ0n) is 18.7. The van der Waals surface area contributed by atoms with E-state index in [4.69, 9.17) is 9.47 Å². The molecule has 4 heterocycles. The van der Waals surface area contributed by atoms with E-state index in [-0.39, 0.29) is 11.6 Å². The van der Waals surface area contributed by atoms with Gasteiger partial charge < -0.3 is 19.4 Å². The summed E-state index contributed by atoms with van der Waals surface area (Å²) in [5, 5.41) is 13.4. The number of nitriles is 1. The highest BCUT2D eigenvalue weighted by molar-refractivity contribution is 5.80. The zero-order chi connectivity index (χ0) is 23.5. The van der Waals surface area contributed by atoms with Crippen molar-refractivity contribution in [2.45, 2.75) is 31.7 Å². The topological polar surface area (TPSA) is 92.4 Å². The quantitative estimate of drug-likeness (QED) is 0.599. The number of pyridine rings is 2. The van der Waals surface area contributed by atoms with Crippen LogP contribution in [0.4, 0.5) is 4.39 Å². The van der Waals surface area contributed by atoms with Crippen LogP contribution in [0.25, 0.3) is 10.9 Å². The summed E-state index contributed by atoms with van der Waals surface area (Å²) in [4.78, 5) is 18.9. The van der Waals surface area contributed by atoms with Crippen molar-refractivity contribution in [3.63, 3.8) is 0 Å².